The number of thioether (sulfide) groups is 1. The van der Waals surface area contributed by atoms with Crippen LogP contribution >= 0.6 is 11.8 Å². The van der Waals surface area contributed by atoms with E-state index in [2.05, 4.69) is 16.9 Å². The molecule has 1 amide bonds. The Morgan fingerprint density at radius 1 is 0.946 bits per heavy atom. The predicted octanol–water partition coefficient (Wildman–Crippen LogP) is 7.53. The largest absolute Gasteiger partial charge is 0.461 e. The van der Waals surface area contributed by atoms with Crippen molar-refractivity contribution in [3.05, 3.63) is 51.5 Å². The van der Waals surface area contributed by atoms with Gasteiger partial charge in [-0.2, -0.15) is 10.1 Å². The van der Waals surface area contributed by atoms with Crippen LogP contribution in [0.2, 0.25) is 0 Å². The molecule has 4 rings (SSSR count). The van der Waals surface area contributed by atoms with E-state index in [1.54, 1.807) is 18.7 Å². The maximum absolute atomic E-state index is 13.7. The molecule has 0 fully saturated rings. The number of hydrazone groups is 1. The van der Waals surface area contributed by atoms with E-state index in [1.165, 1.54) is 73.4 Å². The van der Waals surface area contributed by atoms with Gasteiger partial charge in [0.25, 0.3) is 5.91 Å². The first kappa shape index (κ1) is 27.5. The van der Waals surface area contributed by atoms with E-state index in [0.29, 0.717) is 11.3 Å². The average Bonchev–Trinajstić information content (AvgIpc) is 3.59. The normalized spacial score (nSPS) is 19.2. The van der Waals surface area contributed by atoms with Gasteiger partial charge in [-0.25, -0.2) is 4.79 Å². The number of esters is 1. The monoisotopic (exact) mass is 523 g/mol. The third kappa shape index (κ3) is 6.67. The summed E-state index contributed by atoms with van der Waals surface area (Å²) in [7, 11) is 0. The van der Waals surface area contributed by atoms with E-state index in [1.807, 2.05) is 30.3 Å². The standard InChI is InChI=1S/C30H41N3O3S/c1-3-5-6-7-8-9-10-11-12-16-22-32-24-20-17-21-25(24)37-29(32)26-27(30(35)36-4-2)31-33(28(26)34)23-18-14-13-15-19-23/h13-15,18-19H,3-12,16-17,20-22H2,1-2H3/b29-26-. The molecule has 1 aliphatic carbocycles. The molecule has 0 saturated heterocycles. The minimum absolute atomic E-state index is 0.118. The van der Waals surface area contributed by atoms with E-state index in [0.717, 1.165) is 37.3 Å². The van der Waals surface area contributed by atoms with Crippen molar-refractivity contribution in [1.82, 2.24) is 4.90 Å². The Morgan fingerprint density at radius 3 is 2.30 bits per heavy atom. The summed E-state index contributed by atoms with van der Waals surface area (Å²) in [6.45, 7) is 5.15. The summed E-state index contributed by atoms with van der Waals surface area (Å²) in [5.74, 6) is -0.797. The number of nitrogens with zero attached hydrogens (tertiary/aromatic N) is 3. The minimum Gasteiger partial charge on any atom is -0.461 e. The van der Waals surface area contributed by atoms with E-state index in [4.69, 9.17) is 4.74 Å². The van der Waals surface area contributed by atoms with Crippen molar-refractivity contribution in [2.75, 3.05) is 18.2 Å². The predicted molar refractivity (Wildman–Crippen MR) is 152 cm³/mol. The molecule has 2 aliphatic heterocycles. The zero-order valence-corrected chi connectivity index (χ0v) is 23.3. The molecule has 6 nitrogen and oxygen atoms in total. The van der Waals surface area contributed by atoms with Gasteiger partial charge in [-0.05, 0) is 44.7 Å². The first-order valence-electron chi connectivity index (χ1n) is 14.2. The summed E-state index contributed by atoms with van der Waals surface area (Å²) in [5, 5.41) is 6.68. The lowest BCUT2D eigenvalue weighted by molar-refractivity contribution is -0.135. The smallest absolute Gasteiger partial charge is 0.359 e. The third-order valence-electron chi connectivity index (χ3n) is 7.19. The number of amides is 1. The molecule has 3 aliphatic rings. The summed E-state index contributed by atoms with van der Waals surface area (Å²) in [6.07, 6.45) is 16.1. The Labute approximate surface area is 226 Å². The summed E-state index contributed by atoms with van der Waals surface area (Å²) < 4.78 is 5.32. The molecule has 0 N–H and O–H groups in total. The van der Waals surface area contributed by atoms with Crippen LogP contribution in [0.15, 0.2) is 56.6 Å². The topological polar surface area (TPSA) is 62.2 Å². The second kappa shape index (κ2) is 13.8. The number of hydrogen-bond donors (Lipinski definition) is 0. The number of allylic oxidation sites excluding steroid dienone is 2. The molecule has 0 saturated carbocycles. The number of para-hydroxylation sites is 1. The zero-order chi connectivity index (χ0) is 26.0. The lowest BCUT2D eigenvalue weighted by Crippen LogP contribution is -2.28. The van der Waals surface area contributed by atoms with Crippen molar-refractivity contribution in [2.24, 2.45) is 5.10 Å². The van der Waals surface area contributed by atoms with Gasteiger partial charge in [-0.1, -0.05) is 94.7 Å². The van der Waals surface area contributed by atoms with E-state index >= 15 is 0 Å². The second-order valence-corrected chi connectivity index (χ2v) is 11.0. The fourth-order valence-electron chi connectivity index (χ4n) is 5.25. The third-order valence-corrected chi connectivity index (χ3v) is 8.50. The molecule has 0 bridgehead atoms. The number of carbonyl (C=O) groups is 2. The average molecular weight is 524 g/mol. The maximum atomic E-state index is 13.7. The molecular weight excluding hydrogens is 482 g/mol. The molecule has 0 unspecified atom stereocenters. The van der Waals surface area contributed by atoms with Gasteiger partial charge in [0, 0.05) is 17.1 Å². The maximum Gasteiger partial charge on any atom is 0.359 e. The highest BCUT2D eigenvalue weighted by molar-refractivity contribution is 8.07. The molecule has 7 heteroatoms. The Bertz CT molecular complexity index is 1050. The summed E-state index contributed by atoms with van der Waals surface area (Å²) in [4.78, 5) is 30.3. The van der Waals surface area contributed by atoms with Gasteiger partial charge in [-0.15, -0.1) is 0 Å². The zero-order valence-electron chi connectivity index (χ0n) is 22.5. The number of ether oxygens (including phenoxy) is 1. The van der Waals surface area contributed by atoms with Crippen LogP contribution in [0.3, 0.4) is 0 Å². The molecule has 1 aromatic rings. The van der Waals surface area contributed by atoms with Gasteiger partial charge < -0.3 is 9.64 Å². The van der Waals surface area contributed by atoms with Gasteiger partial charge in [0.2, 0.25) is 0 Å². The van der Waals surface area contributed by atoms with Crippen molar-refractivity contribution in [3.8, 4) is 0 Å². The summed E-state index contributed by atoms with van der Waals surface area (Å²) in [6, 6.07) is 9.30. The van der Waals surface area contributed by atoms with Crippen LogP contribution < -0.4 is 5.01 Å². The number of carbonyl (C=O) groups excluding carboxylic acids is 2. The highest BCUT2D eigenvalue weighted by atomic mass is 32.2. The van der Waals surface area contributed by atoms with Crippen molar-refractivity contribution >= 4 is 35.0 Å². The molecule has 37 heavy (non-hydrogen) atoms. The SMILES string of the molecule is CCCCCCCCCCCCN1C2=C(CCC2)S/C1=C1\C(=O)N(c2ccccc2)N=C1C(=O)OCC. The number of benzene rings is 1. The molecule has 0 atom stereocenters. The van der Waals surface area contributed by atoms with Gasteiger partial charge in [0.1, 0.15) is 5.57 Å². The molecule has 0 radical (unpaired) electrons. The van der Waals surface area contributed by atoms with E-state index in [-0.39, 0.29) is 18.2 Å². The Morgan fingerprint density at radius 2 is 1.62 bits per heavy atom. The molecule has 2 heterocycles. The van der Waals surface area contributed by atoms with Crippen LogP contribution in [0.5, 0.6) is 0 Å². The van der Waals surface area contributed by atoms with Crippen molar-refractivity contribution in [2.45, 2.75) is 97.3 Å². The second-order valence-electron chi connectivity index (χ2n) is 9.96. The molecule has 0 aromatic heterocycles. The highest BCUT2D eigenvalue weighted by Gasteiger charge is 2.43. The Hall–Kier alpha value is -2.54. The van der Waals surface area contributed by atoms with Crippen molar-refractivity contribution in [3.63, 3.8) is 0 Å². The van der Waals surface area contributed by atoms with Crippen LogP contribution in [0, 0.1) is 0 Å². The first-order chi connectivity index (χ1) is 18.2. The fourth-order valence-corrected chi connectivity index (χ4v) is 6.66. The quantitative estimate of drug-likeness (QED) is 0.143. The summed E-state index contributed by atoms with van der Waals surface area (Å²) in [5.41, 5.74) is 2.48. The molecule has 1 aromatic carbocycles. The number of hydrogen-bond acceptors (Lipinski definition) is 6. The fraction of sp³-hybridized carbons (Fsp3) is 0.567. The summed E-state index contributed by atoms with van der Waals surface area (Å²) >= 11 is 1.66. The van der Waals surface area contributed by atoms with Crippen LogP contribution in [0.25, 0.3) is 0 Å². The van der Waals surface area contributed by atoms with Crippen molar-refractivity contribution < 1.29 is 14.3 Å². The van der Waals surface area contributed by atoms with Crippen LogP contribution in [-0.4, -0.2) is 35.6 Å². The van der Waals surface area contributed by atoms with E-state index in [9.17, 15) is 9.59 Å². The van der Waals surface area contributed by atoms with Crippen LogP contribution in [0.1, 0.15) is 97.3 Å². The van der Waals surface area contributed by atoms with Crippen molar-refractivity contribution in [1.29, 1.82) is 0 Å². The lowest BCUT2D eigenvalue weighted by Gasteiger charge is -2.24. The minimum atomic E-state index is -0.539. The van der Waals surface area contributed by atoms with Gasteiger partial charge in [0.15, 0.2) is 5.71 Å². The lowest BCUT2D eigenvalue weighted by atomic mass is 10.1. The Kier molecular flexibility index (Phi) is 10.3. The van der Waals surface area contributed by atoms with E-state index < -0.39 is 5.97 Å². The Balaban J connectivity index is 1.46. The van der Waals surface area contributed by atoms with Crippen LogP contribution in [-0.2, 0) is 14.3 Å². The number of anilines is 1. The molecule has 0 spiro atoms. The van der Waals surface area contributed by atoms with Gasteiger partial charge in [0.05, 0.1) is 17.3 Å². The van der Waals surface area contributed by atoms with Gasteiger partial charge in [-0.3, -0.25) is 4.79 Å². The van der Waals surface area contributed by atoms with Crippen LogP contribution in [0.4, 0.5) is 5.69 Å². The highest BCUT2D eigenvalue weighted by Crippen LogP contribution is 2.51. The number of unbranched alkanes of at least 4 members (excludes halogenated alkanes) is 9. The first-order valence-corrected chi connectivity index (χ1v) is 15.0. The van der Waals surface area contributed by atoms with Gasteiger partial charge >= 0.3 is 5.97 Å². The molecular formula is C30H41N3O3S. The number of rotatable bonds is 14. The molecule has 200 valence electrons.